The average molecular weight is 374 g/mol. The maximum Gasteiger partial charge on any atom is 0.255 e. The number of carbonyl (C=O) groups is 2. The number of anilines is 1. The molecule has 0 saturated heterocycles. The largest absolute Gasteiger partial charge is 0.457 e. The molecule has 0 aliphatic carbocycles. The van der Waals surface area contributed by atoms with Crippen molar-refractivity contribution >= 4 is 17.5 Å². The van der Waals surface area contributed by atoms with E-state index in [-0.39, 0.29) is 11.8 Å². The minimum absolute atomic E-state index is 0.0367. The van der Waals surface area contributed by atoms with Crippen LogP contribution < -0.4 is 10.1 Å². The van der Waals surface area contributed by atoms with Crippen LogP contribution in [0.15, 0.2) is 78.9 Å². The Bertz CT molecular complexity index is 934. The van der Waals surface area contributed by atoms with Crippen LogP contribution in [0.5, 0.6) is 11.5 Å². The number of amides is 2. The summed E-state index contributed by atoms with van der Waals surface area (Å²) >= 11 is 0. The summed E-state index contributed by atoms with van der Waals surface area (Å²) in [5.74, 6) is 1.24. The summed E-state index contributed by atoms with van der Waals surface area (Å²) in [6.07, 6.45) is 0.337. The van der Waals surface area contributed by atoms with Gasteiger partial charge < -0.3 is 15.0 Å². The summed E-state index contributed by atoms with van der Waals surface area (Å²) in [6.45, 7) is 0. The van der Waals surface area contributed by atoms with Gasteiger partial charge in [0.1, 0.15) is 11.5 Å². The Balaban J connectivity index is 1.59. The van der Waals surface area contributed by atoms with Gasteiger partial charge in [0.05, 0.1) is 6.42 Å². The average Bonchev–Trinajstić information content (AvgIpc) is 2.70. The highest BCUT2D eigenvalue weighted by molar-refractivity contribution is 6.04. The smallest absolute Gasteiger partial charge is 0.255 e. The van der Waals surface area contributed by atoms with Crippen LogP contribution in [0.4, 0.5) is 5.69 Å². The molecule has 2 amide bonds. The molecule has 0 unspecified atom stereocenters. The van der Waals surface area contributed by atoms with E-state index in [1.165, 1.54) is 0 Å². The monoisotopic (exact) mass is 374 g/mol. The number of ether oxygens (including phenoxy) is 1. The highest BCUT2D eigenvalue weighted by atomic mass is 16.5. The Morgan fingerprint density at radius 1 is 0.821 bits per heavy atom. The van der Waals surface area contributed by atoms with Gasteiger partial charge in [0.15, 0.2) is 0 Å². The zero-order valence-electron chi connectivity index (χ0n) is 15.9. The van der Waals surface area contributed by atoms with Gasteiger partial charge in [-0.3, -0.25) is 9.59 Å². The first-order valence-corrected chi connectivity index (χ1v) is 8.95. The zero-order chi connectivity index (χ0) is 19.9. The Morgan fingerprint density at radius 2 is 1.43 bits per heavy atom. The minimum Gasteiger partial charge on any atom is -0.457 e. The molecule has 0 fully saturated rings. The van der Waals surface area contributed by atoms with E-state index < -0.39 is 0 Å². The molecule has 0 spiro atoms. The van der Waals surface area contributed by atoms with Crippen LogP contribution in [0.25, 0.3) is 0 Å². The van der Waals surface area contributed by atoms with Gasteiger partial charge in [-0.1, -0.05) is 30.3 Å². The van der Waals surface area contributed by atoms with E-state index in [9.17, 15) is 9.59 Å². The van der Waals surface area contributed by atoms with Crippen molar-refractivity contribution < 1.29 is 14.3 Å². The Kier molecular flexibility index (Phi) is 6.07. The minimum atomic E-state index is -0.205. The number of rotatable bonds is 6. The van der Waals surface area contributed by atoms with Gasteiger partial charge in [0.25, 0.3) is 5.91 Å². The molecule has 142 valence electrons. The lowest BCUT2D eigenvalue weighted by Gasteiger charge is -2.11. The highest BCUT2D eigenvalue weighted by Gasteiger charge is 2.08. The third-order valence-corrected chi connectivity index (χ3v) is 4.16. The second-order valence-electron chi connectivity index (χ2n) is 6.56. The number of hydrogen-bond donors (Lipinski definition) is 1. The number of hydrogen-bond acceptors (Lipinski definition) is 3. The first kappa shape index (κ1) is 19.2. The molecule has 0 aliphatic heterocycles. The number of likely N-dealkylation sites (N-methyl/N-ethyl adjacent to an activating group) is 1. The molecule has 0 bridgehead atoms. The third-order valence-electron chi connectivity index (χ3n) is 4.16. The van der Waals surface area contributed by atoms with Crippen LogP contribution in [0.2, 0.25) is 0 Å². The van der Waals surface area contributed by atoms with Gasteiger partial charge in [-0.2, -0.15) is 0 Å². The van der Waals surface area contributed by atoms with Crippen LogP contribution in [0.1, 0.15) is 15.9 Å². The molecule has 0 radical (unpaired) electrons. The number of benzene rings is 3. The van der Waals surface area contributed by atoms with Gasteiger partial charge in [0, 0.05) is 25.3 Å². The zero-order valence-corrected chi connectivity index (χ0v) is 15.9. The van der Waals surface area contributed by atoms with Gasteiger partial charge >= 0.3 is 0 Å². The number of para-hydroxylation sites is 1. The second kappa shape index (κ2) is 8.86. The van der Waals surface area contributed by atoms with Crippen molar-refractivity contribution in [2.45, 2.75) is 6.42 Å². The van der Waals surface area contributed by atoms with E-state index in [4.69, 9.17) is 4.74 Å². The fourth-order valence-corrected chi connectivity index (χ4v) is 2.54. The number of carbonyl (C=O) groups excluding carboxylic acids is 2. The van der Waals surface area contributed by atoms with Crippen molar-refractivity contribution in [3.05, 3.63) is 90.0 Å². The van der Waals surface area contributed by atoms with Crippen LogP contribution in [0, 0.1) is 0 Å². The third kappa shape index (κ3) is 5.20. The molecular formula is C23H22N2O3. The lowest BCUT2D eigenvalue weighted by molar-refractivity contribution is -0.127. The van der Waals surface area contributed by atoms with Crippen molar-refractivity contribution in [1.82, 2.24) is 4.90 Å². The van der Waals surface area contributed by atoms with Gasteiger partial charge in [-0.25, -0.2) is 0 Å². The predicted octanol–water partition coefficient (Wildman–Crippen LogP) is 4.36. The normalized spacial score (nSPS) is 10.2. The summed E-state index contributed by atoms with van der Waals surface area (Å²) in [5.41, 5.74) is 2.11. The summed E-state index contributed by atoms with van der Waals surface area (Å²) in [6, 6.07) is 23.7. The predicted molar refractivity (Wildman–Crippen MR) is 110 cm³/mol. The maximum absolute atomic E-state index is 12.4. The summed E-state index contributed by atoms with van der Waals surface area (Å²) in [7, 11) is 3.46. The van der Waals surface area contributed by atoms with Crippen LogP contribution in [0.3, 0.4) is 0 Å². The quantitative estimate of drug-likeness (QED) is 0.697. The molecule has 3 rings (SSSR count). The summed E-state index contributed by atoms with van der Waals surface area (Å²) in [4.78, 5) is 25.7. The lowest BCUT2D eigenvalue weighted by Crippen LogP contribution is -2.23. The maximum atomic E-state index is 12.4. The van der Waals surface area contributed by atoms with E-state index >= 15 is 0 Å². The van der Waals surface area contributed by atoms with Gasteiger partial charge in [-0.05, 0) is 54.1 Å². The van der Waals surface area contributed by atoms with Crippen LogP contribution >= 0.6 is 0 Å². The second-order valence-corrected chi connectivity index (χ2v) is 6.56. The van der Waals surface area contributed by atoms with E-state index in [1.807, 2.05) is 42.5 Å². The molecule has 28 heavy (non-hydrogen) atoms. The van der Waals surface area contributed by atoms with Crippen molar-refractivity contribution in [3.63, 3.8) is 0 Å². The first-order chi connectivity index (χ1) is 13.5. The highest BCUT2D eigenvalue weighted by Crippen LogP contribution is 2.21. The molecule has 3 aromatic rings. The SMILES string of the molecule is CN(C)C(=O)Cc1ccc(NC(=O)c2ccc(Oc3ccccc3)cc2)cc1. The molecule has 1 N–H and O–H groups in total. The lowest BCUT2D eigenvalue weighted by atomic mass is 10.1. The fraction of sp³-hybridized carbons (Fsp3) is 0.130. The molecule has 0 heterocycles. The molecule has 0 aromatic heterocycles. The molecular weight excluding hydrogens is 352 g/mol. The topological polar surface area (TPSA) is 58.6 Å². The standard InChI is InChI=1S/C23H22N2O3/c1-25(2)22(26)16-17-8-12-19(13-9-17)24-23(27)18-10-14-21(15-11-18)28-20-6-4-3-5-7-20/h3-15H,16H2,1-2H3,(H,24,27). The molecule has 5 nitrogen and oxygen atoms in total. The number of nitrogens with one attached hydrogen (secondary N) is 1. The van der Waals surface area contributed by atoms with E-state index in [0.29, 0.717) is 23.4 Å². The molecule has 0 saturated carbocycles. The molecule has 5 heteroatoms. The number of nitrogens with zero attached hydrogens (tertiary/aromatic N) is 1. The van der Waals surface area contributed by atoms with Crippen molar-refractivity contribution in [2.24, 2.45) is 0 Å². The summed E-state index contributed by atoms with van der Waals surface area (Å²) < 4.78 is 5.73. The fourth-order valence-electron chi connectivity index (χ4n) is 2.54. The molecule has 3 aromatic carbocycles. The summed E-state index contributed by atoms with van der Waals surface area (Å²) in [5, 5.41) is 2.86. The van der Waals surface area contributed by atoms with Gasteiger partial charge in [-0.15, -0.1) is 0 Å². The molecule has 0 aliphatic rings. The van der Waals surface area contributed by atoms with Crippen molar-refractivity contribution in [3.8, 4) is 11.5 Å². The first-order valence-electron chi connectivity index (χ1n) is 8.95. The van der Waals surface area contributed by atoms with Gasteiger partial charge in [0.2, 0.25) is 5.91 Å². The van der Waals surface area contributed by atoms with Crippen LogP contribution in [-0.4, -0.2) is 30.8 Å². The van der Waals surface area contributed by atoms with E-state index in [2.05, 4.69) is 5.32 Å². The Labute approximate surface area is 164 Å². The Hall–Kier alpha value is -3.60. The van der Waals surface area contributed by atoms with E-state index in [1.54, 1.807) is 55.4 Å². The van der Waals surface area contributed by atoms with Crippen molar-refractivity contribution in [1.29, 1.82) is 0 Å². The Morgan fingerprint density at radius 3 is 2.04 bits per heavy atom. The van der Waals surface area contributed by atoms with Crippen molar-refractivity contribution in [2.75, 3.05) is 19.4 Å². The molecule has 0 atom stereocenters. The van der Waals surface area contributed by atoms with E-state index in [0.717, 1.165) is 11.3 Å². The van der Waals surface area contributed by atoms with Crippen LogP contribution in [-0.2, 0) is 11.2 Å².